The highest BCUT2D eigenvalue weighted by molar-refractivity contribution is 8.77. The van der Waals surface area contributed by atoms with E-state index < -0.39 is 61.3 Å². The Morgan fingerprint density at radius 1 is 0.552 bits per heavy atom. The minimum Gasteiger partial charge on any atom is -0.377 e. The normalized spacial score (nSPS) is 11.9. The Morgan fingerprint density at radius 2 is 1.03 bits per heavy atom. The molecule has 2 unspecified atom stereocenters. The van der Waals surface area contributed by atoms with Gasteiger partial charge in [-0.3, -0.25) is 43.2 Å². The number of amides is 9. The van der Waals surface area contributed by atoms with Gasteiger partial charge in [0.15, 0.2) is 0 Å². The third kappa shape index (κ3) is 31.7. The molecule has 4 aromatic rings. The van der Waals surface area contributed by atoms with Crippen LogP contribution in [0.1, 0.15) is 148 Å². The smallest absolute Gasteiger partial charge is 0.251 e. The van der Waals surface area contributed by atoms with Crippen LogP contribution in [0, 0.1) is 0 Å². The highest BCUT2D eigenvalue weighted by Gasteiger charge is 2.25. The number of nitrogens with zero attached hydrogens (tertiary/aromatic N) is 6. The molecule has 26 nitrogen and oxygen atoms in total. The van der Waals surface area contributed by atoms with Crippen LogP contribution in [0.25, 0.3) is 0 Å². The van der Waals surface area contributed by atoms with Gasteiger partial charge in [0, 0.05) is 85.9 Å². The summed E-state index contributed by atoms with van der Waals surface area (Å²) in [7, 11) is 2.85. The summed E-state index contributed by atoms with van der Waals surface area (Å²) in [6.45, 7) is 11.8. The molecule has 4 rings (SSSR count). The molecule has 10 N–H and O–H groups in total. The largest absolute Gasteiger partial charge is 0.377 e. The van der Waals surface area contributed by atoms with Crippen molar-refractivity contribution in [1.82, 2.24) is 72.5 Å². The van der Waals surface area contributed by atoms with Crippen LogP contribution in [-0.4, -0.2) is 171 Å². The molecular formula is C59H89N15O11S2. The Balaban J connectivity index is 1.20. The Kier molecular flexibility index (Phi) is 33.8. The van der Waals surface area contributed by atoms with E-state index in [1.165, 1.54) is 21.6 Å². The molecule has 0 aliphatic rings. The molecule has 0 aliphatic carbocycles. The first kappa shape index (κ1) is 72.0. The molecule has 478 valence electrons. The lowest BCUT2D eigenvalue weighted by atomic mass is 10.1. The number of rotatable bonds is 44. The molecule has 2 atom stereocenters. The maximum absolute atomic E-state index is 13.6. The van der Waals surface area contributed by atoms with Crippen molar-refractivity contribution in [2.45, 2.75) is 148 Å². The summed E-state index contributed by atoms with van der Waals surface area (Å²) in [6.07, 6.45) is 12.4. The van der Waals surface area contributed by atoms with Gasteiger partial charge in [-0.25, -0.2) is 9.36 Å². The van der Waals surface area contributed by atoms with E-state index >= 15 is 0 Å². The highest BCUT2D eigenvalue weighted by Crippen LogP contribution is 2.35. The number of hydrogen-bond donors (Lipinski definition) is 9. The van der Waals surface area contributed by atoms with Crippen LogP contribution in [-0.2, 0) is 69.0 Å². The number of primary amides is 1. The van der Waals surface area contributed by atoms with Crippen molar-refractivity contribution in [3.05, 3.63) is 94.6 Å². The van der Waals surface area contributed by atoms with Crippen molar-refractivity contribution < 1.29 is 52.6 Å². The lowest BCUT2D eigenvalue weighted by Gasteiger charge is -2.22. The molecule has 0 saturated carbocycles. The number of benzene rings is 2. The van der Waals surface area contributed by atoms with Gasteiger partial charge in [0.05, 0.1) is 57.4 Å². The van der Waals surface area contributed by atoms with E-state index in [2.05, 4.69) is 77.0 Å². The third-order valence-electron chi connectivity index (χ3n) is 12.8. The van der Waals surface area contributed by atoms with Gasteiger partial charge in [-0.1, -0.05) is 117 Å². The van der Waals surface area contributed by atoms with Crippen LogP contribution in [0.5, 0.6) is 0 Å². The zero-order chi connectivity index (χ0) is 63.2. The van der Waals surface area contributed by atoms with E-state index in [4.69, 9.17) is 15.2 Å². The first-order valence-electron chi connectivity index (χ1n) is 29.7. The molecule has 0 saturated heterocycles. The molecule has 0 fully saturated rings. The fourth-order valence-corrected chi connectivity index (χ4v) is 10.6. The molecule has 87 heavy (non-hydrogen) atoms. The monoisotopic (exact) mass is 1250 g/mol. The van der Waals surface area contributed by atoms with Crippen molar-refractivity contribution in [1.29, 1.82) is 0 Å². The van der Waals surface area contributed by atoms with Gasteiger partial charge >= 0.3 is 0 Å². The number of nitrogens with one attached hydrogen (secondary N) is 8. The zero-order valence-electron chi connectivity index (χ0n) is 50.9. The van der Waals surface area contributed by atoms with Crippen molar-refractivity contribution in [3.8, 4) is 0 Å². The topological polar surface area (TPSA) is 356 Å². The summed E-state index contributed by atoms with van der Waals surface area (Å²) < 4.78 is 14.3. The van der Waals surface area contributed by atoms with Crippen molar-refractivity contribution in [2.75, 3.05) is 71.4 Å². The number of carbonyl (C=O) groups excluding carboxylic acids is 9. The summed E-state index contributed by atoms with van der Waals surface area (Å²) in [4.78, 5) is 114. The Hall–Kier alpha value is -7.43. The number of aromatic nitrogens is 6. The average molecular weight is 1250 g/mol. The average Bonchev–Trinajstić information content (AvgIpc) is 4.02. The summed E-state index contributed by atoms with van der Waals surface area (Å²) in [5.41, 5.74) is 9.33. The Bertz CT molecular complexity index is 2770. The van der Waals surface area contributed by atoms with E-state index in [0.29, 0.717) is 81.5 Å². The summed E-state index contributed by atoms with van der Waals surface area (Å²) >= 11 is 0. The predicted molar refractivity (Wildman–Crippen MR) is 332 cm³/mol. The zero-order valence-corrected chi connectivity index (χ0v) is 52.5. The maximum atomic E-state index is 13.6. The summed E-state index contributed by atoms with van der Waals surface area (Å²) in [6, 6.07) is 12.0. The summed E-state index contributed by atoms with van der Waals surface area (Å²) in [5, 5.41) is 38.5. The van der Waals surface area contributed by atoms with Gasteiger partial charge in [-0.2, -0.15) is 0 Å². The number of hydrogen-bond acceptors (Lipinski definition) is 17. The number of unbranched alkanes of at least 4 members (excludes halogenated alkanes) is 5. The molecule has 28 heteroatoms. The van der Waals surface area contributed by atoms with Gasteiger partial charge in [0.1, 0.15) is 18.7 Å². The molecule has 2 aromatic carbocycles. The quantitative estimate of drug-likeness (QED) is 0.0227. The maximum Gasteiger partial charge on any atom is 0.251 e. The molecule has 2 heterocycles. The van der Waals surface area contributed by atoms with Crippen molar-refractivity contribution in [2.24, 2.45) is 5.73 Å². The van der Waals surface area contributed by atoms with Crippen LogP contribution in [0.15, 0.2) is 60.9 Å². The Morgan fingerprint density at radius 3 is 1.56 bits per heavy atom. The number of carbonyl (C=O) groups is 9. The van der Waals surface area contributed by atoms with Crippen LogP contribution in [0.3, 0.4) is 0 Å². The van der Waals surface area contributed by atoms with Gasteiger partial charge in [0.25, 0.3) is 11.8 Å². The minimum absolute atomic E-state index is 0.00713. The van der Waals surface area contributed by atoms with Crippen LogP contribution in [0.4, 0.5) is 0 Å². The van der Waals surface area contributed by atoms with Crippen LogP contribution >= 0.6 is 21.6 Å². The second-order valence-electron chi connectivity index (χ2n) is 21.6. The second-order valence-corrected chi connectivity index (χ2v) is 24.8. The van der Waals surface area contributed by atoms with Gasteiger partial charge in [-0.15, -0.1) is 10.2 Å². The first-order valence-corrected chi connectivity index (χ1v) is 32.1. The predicted octanol–water partition coefficient (Wildman–Crippen LogP) is 2.67. The fraction of sp³-hybridized carbons (Fsp3) is 0.576. The SMILES string of the molecule is CCCCCNC(=O)CCc1cn(Cc2ccc(C(=O)NCCCCC(NC(=O)COCCOCCNC(=O)c3ccc(Cn4cc(CCC(=O)NCCCCC)nn4)cc3)C(=O)NCC(=O)NC(CSSC(C)(C)C)C(=O)NCC(N)=O)cc2)nn1. The second kappa shape index (κ2) is 40.9. The van der Waals surface area contributed by atoms with Crippen LogP contribution in [0.2, 0.25) is 0 Å². The first-order chi connectivity index (χ1) is 41.8. The van der Waals surface area contributed by atoms with E-state index in [9.17, 15) is 43.2 Å². The van der Waals surface area contributed by atoms with E-state index in [1.54, 1.807) is 39.8 Å². The highest BCUT2D eigenvalue weighted by atomic mass is 33.1. The van der Waals surface area contributed by atoms with Gasteiger partial charge < -0.3 is 57.7 Å². The van der Waals surface area contributed by atoms with Gasteiger partial charge in [0.2, 0.25) is 41.4 Å². The van der Waals surface area contributed by atoms with Crippen molar-refractivity contribution >= 4 is 74.8 Å². The van der Waals surface area contributed by atoms with E-state index in [0.717, 1.165) is 55.3 Å². The lowest BCUT2D eigenvalue weighted by Crippen LogP contribution is -2.53. The number of ether oxygens (including phenoxy) is 2. The van der Waals surface area contributed by atoms with E-state index in [1.807, 2.05) is 51.2 Å². The molecular weight excluding hydrogens is 1160 g/mol. The van der Waals surface area contributed by atoms with E-state index in [-0.39, 0.29) is 73.5 Å². The standard InChI is InChI=1S/C59H89N15O11S2/c1-6-8-11-27-61-51(76)25-23-46-38-73(71-69-46)36-42-15-19-44(20-16-42)55(80)63-29-13-10-14-48(57(82)66-35-53(78)68-49(41-86-87-59(3,4)5)58(83)65-34-50(60)75)67-54(79)40-85-33-32-84-31-30-64-56(81)45-21-17-43(18-22-45)37-74-39-47(70-72-74)24-26-52(77)62-28-12-9-7-2/h15-22,38-39,48-49H,6-14,23-37,40-41H2,1-5H3,(H2,60,75)(H,61,76)(H,62,77)(H,63,80)(H,64,81)(H,65,83)(H,66,82)(H,67,79)(H,68,78). The van der Waals surface area contributed by atoms with Crippen molar-refractivity contribution in [3.63, 3.8) is 0 Å². The lowest BCUT2D eigenvalue weighted by molar-refractivity contribution is -0.133. The number of aryl methyl sites for hydroxylation is 2. The molecule has 0 bridgehead atoms. The molecule has 0 aliphatic heterocycles. The molecule has 9 amide bonds. The number of nitrogens with two attached hydrogens (primary N) is 1. The molecule has 2 aromatic heterocycles. The third-order valence-corrected chi connectivity index (χ3v) is 16.1. The van der Waals surface area contributed by atoms with Crippen LogP contribution < -0.4 is 48.3 Å². The Labute approximate surface area is 517 Å². The molecule has 0 radical (unpaired) electrons. The minimum atomic E-state index is -1.11. The fourth-order valence-electron chi connectivity index (χ4n) is 8.12. The van der Waals surface area contributed by atoms with Gasteiger partial charge in [-0.05, 0) is 67.5 Å². The summed E-state index contributed by atoms with van der Waals surface area (Å²) in [5.74, 6) is -3.84. The molecule has 0 spiro atoms.